The van der Waals surface area contributed by atoms with E-state index in [1.807, 2.05) is 0 Å². The molecule has 0 aromatic heterocycles. The molecule has 0 aromatic carbocycles. The van der Waals surface area contributed by atoms with Crippen molar-refractivity contribution >= 4 is 0 Å². The summed E-state index contributed by atoms with van der Waals surface area (Å²) < 4.78 is 36.2. The van der Waals surface area contributed by atoms with Crippen LogP contribution in [0.2, 0.25) is 0 Å². The quantitative estimate of drug-likeness (QED) is 0.739. The van der Waals surface area contributed by atoms with Gasteiger partial charge in [-0.2, -0.15) is 13.2 Å². The minimum Gasteiger partial charge on any atom is -0.393 e. The summed E-state index contributed by atoms with van der Waals surface area (Å²) >= 11 is 0. The number of fused-ring (bicyclic) bond motifs is 2. The van der Waals surface area contributed by atoms with E-state index in [0.29, 0.717) is 5.92 Å². The van der Waals surface area contributed by atoms with Crippen molar-refractivity contribution in [2.24, 2.45) is 11.3 Å². The molecule has 1 N–H and O–H groups in total. The minimum atomic E-state index is -4.07. The monoisotopic (exact) mass is 208 g/mol. The lowest BCUT2D eigenvalue weighted by atomic mass is 9.78. The van der Waals surface area contributed by atoms with Gasteiger partial charge < -0.3 is 5.11 Å². The topological polar surface area (TPSA) is 20.2 Å². The number of hydrogen-bond donors (Lipinski definition) is 1. The van der Waals surface area contributed by atoms with Crippen molar-refractivity contribution in [2.75, 3.05) is 0 Å². The van der Waals surface area contributed by atoms with Gasteiger partial charge in [-0.3, -0.25) is 0 Å². The van der Waals surface area contributed by atoms with Crippen LogP contribution in [0.5, 0.6) is 0 Å². The maximum absolute atomic E-state index is 12.1. The molecule has 0 aromatic rings. The molecule has 3 atom stereocenters. The van der Waals surface area contributed by atoms with Gasteiger partial charge in [-0.05, 0) is 43.4 Å². The SMILES string of the molecule is OC1CC2CCC1(CCC(F)(F)F)C2. The van der Waals surface area contributed by atoms with Crippen LogP contribution >= 0.6 is 0 Å². The molecule has 2 rings (SSSR count). The zero-order valence-corrected chi connectivity index (χ0v) is 7.98. The molecule has 0 heterocycles. The van der Waals surface area contributed by atoms with Crippen LogP contribution in [0.4, 0.5) is 13.2 Å². The fraction of sp³-hybridized carbons (Fsp3) is 1.00. The summed E-state index contributed by atoms with van der Waals surface area (Å²) in [5, 5.41) is 9.70. The molecule has 2 bridgehead atoms. The second-order valence-corrected chi connectivity index (χ2v) is 4.84. The summed E-state index contributed by atoms with van der Waals surface area (Å²) in [6, 6.07) is 0. The van der Waals surface area contributed by atoms with Crippen LogP contribution in [-0.2, 0) is 0 Å². The zero-order valence-electron chi connectivity index (χ0n) is 7.98. The van der Waals surface area contributed by atoms with E-state index in [0.717, 1.165) is 25.7 Å². The van der Waals surface area contributed by atoms with E-state index in [2.05, 4.69) is 0 Å². The summed E-state index contributed by atoms with van der Waals surface area (Å²) in [6.45, 7) is 0. The Morgan fingerprint density at radius 1 is 1.36 bits per heavy atom. The molecule has 0 aliphatic heterocycles. The first kappa shape index (κ1) is 10.3. The lowest BCUT2D eigenvalue weighted by molar-refractivity contribution is -0.144. The highest BCUT2D eigenvalue weighted by molar-refractivity contribution is 5.01. The van der Waals surface area contributed by atoms with Crippen LogP contribution in [0.15, 0.2) is 0 Å². The van der Waals surface area contributed by atoms with Gasteiger partial charge in [0.25, 0.3) is 0 Å². The third kappa shape index (κ3) is 1.76. The molecule has 0 amide bonds. The van der Waals surface area contributed by atoms with Gasteiger partial charge in [0, 0.05) is 6.42 Å². The smallest absolute Gasteiger partial charge is 0.389 e. The number of rotatable bonds is 2. The maximum Gasteiger partial charge on any atom is 0.389 e. The Kier molecular flexibility index (Phi) is 2.29. The fourth-order valence-electron chi connectivity index (χ4n) is 3.12. The molecule has 0 spiro atoms. The Morgan fingerprint density at radius 3 is 2.50 bits per heavy atom. The van der Waals surface area contributed by atoms with Gasteiger partial charge in [0.05, 0.1) is 6.10 Å². The number of alkyl halides is 3. The first-order valence-corrected chi connectivity index (χ1v) is 5.16. The van der Waals surface area contributed by atoms with Crippen molar-refractivity contribution in [1.82, 2.24) is 0 Å². The summed E-state index contributed by atoms with van der Waals surface area (Å²) in [6.07, 6.45) is -1.85. The number of hydrogen-bond acceptors (Lipinski definition) is 1. The van der Waals surface area contributed by atoms with E-state index in [-0.39, 0.29) is 11.8 Å². The summed E-state index contributed by atoms with van der Waals surface area (Å²) in [7, 11) is 0. The third-order valence-corrected chi connectivity index (χ3v) is 3.92. The van der Waals surface area contributed by atoms with Crippen LogP contribution < -0.4 is 0 Å². The molecular weight excluding hydrogens is 193 g/mol. The average Bonchev–Trinajstić information content (AvgIpc) is 2.57. The molecule has 1 nitrogen and oxygen atoms in total. The van der Waals surface area contributed by atoms with Gasteiger partial charge in [-0.25, -0.2) is 0 Å². The highest BCUT2D eigenvalue weighted by atomic mass is 19.4. The van der Waals surface area contributed by atoms with Crippen molar-refractivity contribution in [3.05, 3.63) is 0 Å². The second-order valence-electron chi connectivity index (χ2n) is 4.84. The molecule has 2 aliphatic rings. The maximum atomic E-state index is 12.1. The van der Waals surface area contributed by atoms with E-state index < -0.39 is 18.7 Å². The van der Waals surface area contributed by atoms with Crippen LogP contribution in [0.1, 0.15) is 38.5 Å². The van der Waals surface area contributed by atoms with Gasteiger partial charge in [0.2, 0.25) is 0 Å². The van der Waals surface area contributed by atoms with Crippen molar-refractivity contribution in [2.45, 2.75) is 50.8 Å². The highest BCUT2D eigenvalue weighted by Gasteiger charge is 2.52. The Bertz CT molecular complexity index is 226. The zero-order chi connectivity index (χ0) is 10.4. The van der Waals surface area contributed by atoms with E-state index in [4.69, 9.17) is 0 Å². The Morgan fingerprint density at radius 2 is 2.07 bits per heavy atom. The molecule has 4 heteroatoms. The predicted octanol–water partition coefficient (Wildman–Crippen LogP) is 2.88. The van der Waals surface area contributed by atoms with Gasteiger partial charge in [0.15, 0.2) is 0 Å². The van der Waals surface area contributed by atoms with Gasteiger partial charge in [0.1, 0.15) is 0 Å². The van der Waals surface area contributed by atoms with E-state index in [1.54, 1.807) is 0 Å². The van der Waals surface area contributed by atoms with E-state index in [9.17, 15) is 18.3 Å². The Balaban J connectivity index is 1.96. The molecule has 2 fully saturated rings. The minimum absolute atomic E-state index is 0.119. The van der Waals surface area contributed by atoms with Crippen LogP contribution in [0.25, 0.3) is 0 Å². The van der Waals surface area contributed by atoms with Crippen LogP contribution in [0, 0.1) is 11.3 Å². The molecular formula is C10H15F3O. The standard InChI is InChI=1S/C10H15F3O/c11-10(12,13)4-3-9-2-1-7(6-9)5-8(9)14/h7-8,14H,1-6H2. The summed E-state index contributed by atoms with van der Waals surface area (Å²) in [5.41, 5.74) is -0.389. The molecule has 82 valence electrons. The average molecular weight is 208 g/mol. The van der Waals surface area contributed by atoms with E-state index >= 15 is 0 Å². The van der Waals surface area contributed by atoms with E-state index in [1.165, 1.54) is 0 Å². The predicted molar refractivity (Wildman–Crippen MR) is 45.7 cm³/mol. The van der Waals surface area contributed by atoms with Crippen LogP contribution in [0.3, 0.4) is 0 Å². The lowest BCUT2D eigenvalue weighted by Crippen LogP contribution is -2.31. The third-order valence-electron chi connectivity index (χ3n) is 3.92. The number of aliphatic hydroxyl groups excluding tert-OH is 1. The first-order chi connectivity index (χ1) is 6.41. The molecule has 3 unspecified atom stereocenters. The highest BCUT2D eigenvalue weighted by Crippen LogP contribution is 2.57. The summed E-state index contributed by atoms with van der Waals surface area (Å²) in [4.78, 5) is 0. The molecule has 0 saturated heterocycles. The van der Waals surface area contributed by atoms with Gasteiger partial charge in [-0.1, -0.05) is 0 Å². The molecule has 2 aliphatic carbocycles. The van der Waals surface area contributed by atoms with Crippen molar-refractivity contribution in [3.8, 4) is 0 Å². The largest absolute Gasteiger partial charge is 0.393 e. The molecule has 2 saturated carbocycles. The normalized spacial score (nSPS) is 42.0. The van der Waals surface area contributed by atoms with Crippen molar-refractivity contribution in [3.63, 3.8) is 0 Å². The van der Waals surface area contributed by atoms with Crippen molar-refractivity contribution in [1.29, 1.82) is 0 Å². The van der Waals surface area contributed by atoms with Gasteiger partial charge >= 0.3 is 6.18 Å². The van der Waals surface area contributed by atoms with Crippen LogP contribution in [-0.4, -0.2) is 17.4 Å². The molecule has 0 radical (unpaired) electrons. The number of aliphatic hydroxyl groups is 1. The summed E-state index contributed by atoms with van der Waals surface area (Å²) in [5.74, 6) is 0.484. The number of halogens is 3. The Hall–Kier alpha value is -0.250. The van der Waals surface area contributed by atoms with Gasteiger partial charge in [-0.15, -0.1) is 0 Å². The fourth-order valence-corrected chi connectivity index (χ4v) is 3.12. The molecule has 14 heavy (non-hydrogen) atoms. The second kappa shape index (κ2) is 3.12. The Labute approximate surface area is 81.3 Å². The van der Waals surface area contributed by atoms with Crippen molar-refractivity contribution < 1.29 is 18.3 Å². The first-order valence-electron chi connectivity index (χ1n) is 5.16. The lowest BCUT2D eigenvalue weighted by Gasteiger charge is -2.31.